The van der Waals surface area contributed by atoms with Crippen molar-refractivity contribution in [3.8, 4) is 0 Å². The van der Waals surface area contributed by atoms with Gasteiger partial charge in [0.2, 0.25) is 5.91 Å². The molecule has 3 heterocycles. The number of Topliss-reactive ketones (excluding diaryl/α,β-unsaturated/α-hetero) is 1. The molecule has 2 amide bonds. The molecular weight excluding hydrogens is 444 g/mol. The van der Waals surface area contributed by atoms with Crippen molar-refractivity contribution in [1.82, 2.24) is 15.1 Å². The molecule has 192 valence electrons. The van der Waals surface area contributed by atoms with Crippen molar-refractivity contribution in [2.45, 2.75) is 59.2 Å². The van der Waals surface area contributed by atoms with Gasteiger partial charge in [0.15, 0.2) is 5.78 Å². The number of carbonyl (C=O) groups is 3. The average molecular weight is 485 g/mol. The van der Waals surface area contributed by atoms with E-state index in [0.29, 0.717) is 18.5 Å². The Balaban J connectivity index is 1.48. The van der Waals surface area contributed by atoms with E-state index < -0.39 is 17.5 Å². The molecule has 0 aromatic heterocycles. The number of nitrogens with zero attached hydrogens (tertiary/aromatic N) is 3. The molecule has 1 aromatic carbocycles. The number of amides is 2. The SMILES string of the molecule is CCN1CCN(c2ccc(C(=O)N[C@H](C(=O)N3C[C@@H](C)[C@H]4OCC(=O)[C@H]43)C(C)(C)CC)cc2)CC1. The number of nitrogens with one attached hydrogen (secondary N) is 1. The Hall–Kier alpha value is -2.45. The number of benzene rings is 1. The van der Waals surface area contributed by atoms with Crippen LogP contribution in [0.3, 0.4) is 0 Å². The second-order valence-electron chi connectivity index (χ2n) is 10.9. The number of anilines is 1. The first-order valence-electron chi connectivity index (χ1n) is 13.0. The maximum Gasteiger partial charge on any atom is 0.251 e. The predicted molar refractivity (Wildman–Crippen MR) is 136 cm³/mol. The quantitative estimate of drug-likeness (QED) is 0.639. The molecule has 3 fully saturated rings. The Morgan fingerprint density at radius 2 is 1.77 bits per heavy atom. The lowest BCUT2D eigenvalue weighted by Gasteiger charge is -2.37. The van der Waals surface area contributed by atoms with E-state index in [4.69, 9.17) is 4.74 Å². The van der Waals surface area contributed by atoms with Gasteiger partial charge in [-0.1, -0.05) is 34.6 Å². The van der Waals surface area contributed by atoms with E-state index in [0.717, 1.165) is 38.4 Å². The molecule has 0 spiro atoms. The van der Waals surface area contributed by atoms with Crippen LogP contribution in [0.2, 0.25) is 0 Å². The molecule has 0 saturated carbocycles. The van der Waals surface area contributed by atoms with Gasteiger partial charge in [0.1, 0.15) is 18.7 Å². The summed E-state index contributed by atoms with van der Waals surface area (Å²) in [4.78, 5) is 45.9. The first kappa shape index (κ1) is 25.6. The normalized spacial score (nSPS) is 26.1. The minimum atomic E-state index is -0.735. The van der Waals surface area contributed by atoms with Crippen LogP contribution in [0, 0.1) is 11.3 Å². The smallest absolute Gasteiger partial charge is 0.251 e. The molecule has 1 aromatic rings. The Kier molecular flexibility index (Phi) is 7.52. The molecule has 0 bridgehead atoms. The third-order valence-corrected chi connectivity index (χ3v) is 8.25. The van der Waals surface area contributed by atoms with Crippen LogP contribution in [0.4, 0.5) is 5.69 Å². The summed E-state index contributed by atoms with van der Waals surface area (Å²) >= 11 is 0. The van der Waals surface area contributed by atoms with Crippen LogP contribution in [-0.4, -0.2) is 91.5 Å². The molecule has 0 unspecified atom stereocenters. The zero-order valence-corrected chi connectivity index (χ0v) is 21.8. The van der Waals surface area contributed by atoms with E-state index in [2.05, 4.69) is 22.0 Å². The highest BCUT2D eigenvalue weighted by atomic mass is 16.5. The fourth-order valence-corrected chi connectivity index (χ4v) is 5.44. The van der Waals surface area contributed by atoms with Crippen molar-refractivity contribution < 1.29 is 19.1 Å². The standard InChI is InChI=1S/C27H40N4O4/c1-6-27(4,5)24(26(34)31-16-18(3)23-22(31)21(32)17-35-23)28-25(33)19-8-10-20(11-9-19)30-14-12-29(7-2)13-15-30/h8-11,18,22-24H,6-7,12-17H2,1-5H3,(H,28,33)/t18-,22-,23-,24-/m1/s1. The van der Waals surface area contributed by atoms with Crippen LogP contribution in [0.25, 0.3) is 0 Å². The van der Waals surface area contributed by atoms with Crippen molar-refractivity contribution in [3.05, 3.63) is 29.8 Å². The molecule has 0 radical (unpaired) electrons. The summed E-state index contributed by atoms with van der Waals surface area (Å²) in [5, 5.41) is 3.02. The topological polar surface area (TPSA) is 82.2 Å². The fraction of sp³-hybridized carbons (Fsp3) is 0.667. The molecule has 4 atom stereocenters. The second kappa shape index (κ2) is 10.3. The number of likely N-dealkylation sites (N-methyl/N-ethyl adjacent to an activating group) is 1. The molecular formula is C27H40N4O4. The Bertz CT molecular complexity index is 939. The minimum Gasteiger partial charge on any atom is -0.369 e. The van der Waals surface area contributed by atoms with E-state index in [-0.39, 0.29) is 36.2 Å². The van der Waals surface area contributed by atoms with Gasteiger partial charge in [-0.3, -0.25) is 14.4 Å². The monoisotopic (exact) mass is 484 g/mol. The highest BCUT2D eigenvalue weighted by Crippen LogP contribution is 2.35. The Morgan fingerprint density at radius 3 is 2.37 bits per heavy atom. The van der Waals surface area contributed by atoms with Gasteiger partial charge in [0.05, 0.1) is 6.10 Å². The number of hydrogen-bond acceptors (Lipinski definition) is 6. The molecule has 35 heavy (non-hydrogen) atoms. The number of hydrogen-bond donors (Lipinski definition) is 1. The third kappa shape index (κ3) is 5.09. The summed E-state index contributed by atoms with van der Waals surface area (Å²) in [6.07, 6.45) is 0.452. The third-order valence-electron chi connectivity index (χ3n) is 8.25. The van der Waals surface area contributed by atoms with Crippen LogP contribution in [0.5, 0.6) is 0 Å². The van der Waals surface area contributed by atoms with Gasteiger partial charge < -0.3 is 24.8 Å². The zero-order chi connectivity index (χ0) is 25.3. The lowest BCUT2D eigenvalue weighted by atomic mass is 9.80. The average Bonchev–Trinajstić information content (AvgIpc) is 3.42. The van der Waals surface area contributed by atoms with Gasteiger partial charge in [-0.05, 0) is 42.6 Å². The van der Waals surface area contributed by atoms with E-state index in [1.807, 2.05) is 52.0 Å². The van der Waals surface area contributed by atoms with Gasteiger partial charge in [0.25, 0.3) is 5.91 Å². The summed E-state index contributed by atoms with van der Waals surface area (Å²) in [7, 11) is 0. The maximum absolute atomic E-state index is 13.8. The van der Waals surface area contributed by atoms with Crippen LogP contribution in [0.15, 0.2) is 24.3 Å². The van der Waals surface area contributed by atoms with E-state index >= 15 is 0 Å². The highest BCUT2D eigenvalue weighted by Gasteiger charge is 2.52. The Labute approximate surface area is 209 Å². The molecule has 8 nitrogen and oxygen atoms in total. The van der Waals surface area contributed by atoms with E-state index in [1.54, 1.807) is 4.90 Å². The molecule has 3 aliphatic rings. The highest BCUT2D eigenvalue weighted by molar-refractivity contribution is 5.99. The minimum absolute atomic E-state index is 0.0531. The van der Waals surface area contributed by atoms with Crippen LogP contribution in [-0.2, 0) is 14.3 Å². The van der Waals surface area contributed by atoms with Crippen molar-refractivity contribution >= 4 is 23.3 Å². The number of likely N-dealkylation sites (tertiary alicyclic amines) is 1. The molecule has 4 rings (SSSR count). The molecule has 8 heteroatoms. The van der Waals surface area contributed by atoms with Gasteiger partial charge in [-0.25, -0.2) is 0 Å². The molecule has 3 saturated heterocycles. The summed E-state index contributed by atoms with van der Waals surface area (Å²) in [6, 6.07) is 6.36. The maximum atomic E-state index is 13.8. The number of carbonyl (C=O) groups excluding carboxylic acids is 3. The van der Waals surface area contributed by atoms with Crippen LogP contribution < -0.4 is 10.2 Å². The number of ketones is 1. The summed E-state index contributed by atoms with van der Waals surface area (Å²) < 4.78 is 5.66. The first-order valence-corrected chi connectivity index (χ1v) is 13.0. The number of piperazine rings is 1. The molecule has 3 aliphatic heterocycles. The van der Waals surface area contributed by atoms with E-state index in [1.165, 1.54) is 0 Å². The second-order valence-corrected chi connectivity index (χ2v) is 10.9. The van der Waals surface area contributed by atoms with Crippen LogP contribution >= 0.6 is 0 Å². The lowest BCUT2D eigenvalue weighted by molar-refractivity contribution is -0.140. The Morgan fingerprint density at radius 1 is 1.11 bits per heavy atom. The number of fused-ring (bicyclic) bond motifs is 1. The lowest BCUT2D eigenvalue weighted by Crippen LogP contribution is -2.57. The summed E-state index contributed by atoms with van der Waals surface area (Å²) in [5.74, 6) is -0.440. The van der Waals surface area contributed by atoms with Crippen molar-refractivity contribution in [2.75, 3.05) is 50.8 Å². The van der Waals surface area contributed by atoms with Crippen molar-refractivity contribution in [3.63, 3.8) is 0 Å². The van der Waals surface area contributed by atoms with Crippen LogP contribution in [0.1, 0.15) is 51.4 Å². The van der Waals surface area contributed by atoms with Gasteiger partial charge >= 0.3 is 0 Å². The summed E-state index contributed by atoms with van der Waals surface area (Å²) in [5.41, 5.74) is 1.16. The number of ether oxygens (including phenoxy) is 1. The van der Waals surface area contributed by atoms with E-state index in [9.17, 15) is 14.4 Å². The molecule has 1 N–H and O–H groups in total. The van der Waals surface area contributed by atoms with Crippen molar-refractivity contribution in [1.29, 1.82) is 0 Å². The largest absolute Gasteiger partial charge is 0.369 e. The number of rotatable bonds is 7. The fourth-order valence-electron chi connectivity index (χ4n) is 5.44. The van der Waals surface area contributed by atoms with Crippen molar-refractivity contribution in [2.24, 2.45) is 11.3 Å². The molecule has 0 aliphatic carbocycles. The first-order chi connectivity index (χ1) is 16.7. The zero-order valence-electron chi connectivity index (χ0n) is 21.8. The van der Waals surface area contributed by atoms with Gasteiger partial charge in [-0.15, -0.1) is 0 Å². The van der Waals surface area contributed by atoms with Gasteiger partial charge in [0, 0.05) is 49.9 Å². The predicted octanol–water partition coefficient (Wildman–Crippen LogP) is 2.18. The van der Waals surface area contributed by atoms with Gasteiger partial charge in [-0.2, -0.15) is 0 Å². The summed E-state index contributed by atoms with van der Waals surface area (Å²) in [6.45, 7) is 15.8.